The van der Waals surface area contributed by atoms with Gasteiger partial charge in [0.25, 0.3) is 0 Å². The number of benzene rings is 1. The Morgan fingerprint density at radius 1 is 1.00 bits per heavy atom. The number of unbranched alkanes of at least 4 members (excludes halogenated alkanes) is 2. The molecule has 20 heavy (non-hydrogen) atoms. The van der Waals surface area contributed by atoms with Gasteiger partial charge in [-0.15, -0.1) is 0 Å². The van der Waals surface area contributed by atoms with Crippen LogP contribution in [-0.4, -0.2) is 12.3 Å². The standard InChI is InChI=1S/C19H29P/c1-4-7-12-20(13-8-5-2)19-11-9-10-17-14-16(6-3)15-18(17)19/h9-11,15H,4-8,12-14H2,1-3H3. The van der Waals surface area contributed by atoms with E-state index in [2.05, 4.69) is 45.0 Å². The first-order valence-electron chi connectivity index (χ1n) is 8.36. The van der Waals surface area contributed by atoms with Gasteiger partial charge in [0.2, 0.25) is 0 Å². The van der Waals surface area contributed by atoms with Gasteiger partial charge in [-0.25, -0.2) is 0 Å². The monoisotopic (exact) mass is 288 g/mol. The van der Waals surface area contributed by atoms with Crippen molar-refractivity contribution >= 4 is 19.3 Å². The van der Waals surface area contributed by atoms with Crippen molar-refractivity contribution in [1.29, 1.82) is 0 Å². The van der Waals surface area contributed by atoms with Crippen molar-refractivity contribution in [3.8, 4) is 0 Å². The van der Waals surface area contributed by atoms with E-state index in [0.29, 0.717) is 0 Å². The predicted molar refractivity (Wildman–Crippen MR) is 94.5 cm³/mol. The van der Waals surface area contributed by atoms with E-state index in [1.165, 1.54) is 50.8 Å². The molecule has 0 bridgehead atoms. The Morgan fingerprint density at radius 3 is 2.30 bits per heavy atom. The second-order valence-electron chi connectivity index (χ2n) is 5.88. The van der Waals surface area contributed by atoms with E-state index in [4.69, 9.17) is 0 Å². The number of hydrogen-bond acceptors (Lipinski definition) is 0. The summed E-state index contributed by atoms with van der Waals surface area (Å²) in [6.07, 6.45) is 13.2. The molecule has 0 unspecified atom stereocenters. The Hall–Kier alpha value is -0.610. The molecule has 0 aromatic heterocycles. The van der Waals surface area contributed by atoms with Crippen LogP contribution in [-0.2, 0) is 6.42 Å². The summed E-state index contributed by atoms with van der Waals surface area (Å²) in [6, 6.07) is 7.06. The Morgan fingerprint density at radius 2 is 1.70 bits per heavy atom. The summed E-state index contributed by atoms with van der Waals surface area (Å²) in [4.78, 5) is 0. The Labute approximate surface area is 126 Å². The van der Waals surface area contributed by atoms with Gasteiger partial charge in [0.15, 0.2) is 0 Å². The fourth-order valence-corrected chi connectivity index (χ4v) is 5.92. The van der Waals surface area contributed by atoms with E-state index < -0.39 is 0 Å². The number of hydrogen-bond donors (Lipinski definition) is 0. The van der Waals surface area contributed by atoms with Crippen LogP contribution in [0.25, 0.3) is 6.08 Å². The van der Waals surface area contributed by atoms with E-state index in [1.807, 2.05) is 0 Å². The van der Waals surface area contributed by atoms with E-state index in [0.717, 1.165) is 0 Å². The van der Waals surface area contributed by atoms with Crippen LogP contribution >= 0.6 is 7.92 Å². The highest BCUT2D eigenvalue weighted by molar-refractivity contribution is 7.65. The zero-order chi connectivity index (χ0) is 14.4. The van der Waals surface area contributed by atoms with Crippen LogP contribution in [0.1, 0.15) is 64.0 Å². The molecular formula is C19H29P. The van der Waals surface area contributed by atoms with E-state index in [-0.39, 0.29) is 7.92 Å². The predicted octanol–water partition coefficient (Wildman–Crippen LogP) is 5.74. The Bertz CT molecular complexity index is 451. The number of allylic oxidation sites excluding steroid dienone is 1. The van der Waals surface area contributed by atoms with Gasteiger partial charge in [0, 0.05) is 0 Å². The van der Waals surface area contributed by atoms with E-state index in [1.54, 1.807) is 22.0 Å². The Balaban J connectivity index is 2.24. The first kappa shape index (κ1) is 15.8. The lowest BCUT2D eigenvalue weighted by Crippen LogP contribution is -2.11. The molecule has 0 saturated heterocycles. The lowest BCUT2D eigenvalue weighted by Gasteiger charge is -2.20. The van der Waals surface area contributed by atoms with Gasteiger partial charge in [0.05, 0.1) is 0 Å². The largest absolute Gasteiger partial charge is 0.0747 e. The molecule has 1 aliphatic rings. The molecule has 0 spiro atoms. The minimum absolute atomic E-state index is 0.0610. The lowest BCUT2D eigenvalue weighted by molar-refractivity contribution is 0.870. The molecule has 0 heterocycles. The molecule has 0 fully saturated rings. The van der Waals surface area contributed by atoms with Crippen molar-refractivity contribution in [3.05, 3.63) is 34.9 Å². The summed E-state index contributed by atoms with van der Waals surface area (Å²) < 4.78 is 0. The zero-order valence-corrected chi connectivity index (χ0v) is 14.3. The highest BCUT2D eigenvalue weighted by Gasteiger charge is 2.19. The van der Waals surface area contributed by atoms with Crippen LogP contribution in [0.15, 0.2) is 23.8 Å². The highest BCUT2D eigenvalue weighted by atomic mass is 31.1. The molecule has 0 radical (unpaired) electrons. The fourth-order valence-electron chi connectivity index (χ4n) is 2.97. The third kappa shape index (κ3) is 3.73. The van der Waals surface area contributed by atoms with Crippen LogP contribution in [0.2, 0.25) is 0 Å². The van der Waals surface area contributed by atoms with Crippen molar-refractivity contribution < 1.29 is 0 Å². The summed E-state index contributed by atoms with van der Waals surface area (Å²) in [5.41, 5.74) is 4.80. The maximum atomic E-state index is 2.50. The molecule has 110 valence electrons. The molecule has 0 saturated carbocycles. The zero-order valence-electron chi connectivity index (χ0n) is 13.4. The summed E-state index contributed by atoms with van der Waals surface area (Å²) >= 11 is 0. The van der Waals surface area contributed by atoms with Crippen LogP contribution in [0.3, 0.4) is 0 Å². The number of rotatable bonds is 8. The van der Waals surface area contributed by atoms with Crippen molar-refractivity contribution in [2.45, 2.75) is 59.3 Å². The molecule has 0 nitrogen and oxygen atoms in total. The topological polar surface area (TPSA) is 0 Å². The third-order valence-corrected chi connectivity index (χ3v) is 7.08. The Kier molecular flexibility index (Phi) is 6.30. The molecule has 2 rings (SSSR count). The minimum atomic E-state index is 0.0610. The molecule has 1 aromatic carbocycles. The highest BCUT2D eigenvalue weighted by Crippen LogP contribution is 2.40. The molecule has 1 heteroatoms. The molecule has 0 amide bonds. The summed E-state index contributed by atoms with van der Waals surface area (Å²) in [5.74, 6) is 0. The number of fused-ring (bicyclic) bond motifs is 1. The third-order valence-electron chi connectivity index (χ3n) is 4.30. The van der Waals surface area contributed by atoms with Gasteiger partial charge < -0.3 is 0 Å². The first-order valence-corrected chi connectivity index (χ1v) is 10.1. The van der Waals surface area contributed by atoms with Gasteiger partial charge in [0.1, 0.15) is 0 Å². The van der Waals surface area contributed by atoms with Gasteiger partial charge in [-0.2, -0.15) is 0 Å². The smallest absolute Gasteiger partial charge is 0.00577 e. The van der Waals surface area contributed by atoms with Crippen molar-refractivity contribution in [2.24, 2.45) is 0 Å². The fraction of sp³-hybridized carbons (Fsp3) is 0.579. The van der Waals surface area contributed by atoms with Crippen LogP contribution < -0.4 is 5.30 Å². The van der Waals surface area contributed by atoms with Crippen LogP contribution in [0.4, 0.5) is 0 Å². The van der Waals surface area contributed by atoms with Gasteiger partial charge in [-0.1, -0.05) is 71.4 Å². The second-order valence-corrected chi connectivity index (χ2v) is 8.33. The normalized spacial score (nSPS) is 13.7. The average molecular weight is 288 g/mol. The van der Waals surface area contributed by atoms with Crippen LogP contribution in [0, 0.1) is 0 Å². The minimum Gasteiger partial charge on any atom is -0.0747 e. The van der Waals surface area contributed by atoms with E-state index in [9.17, 15) is 0 Å². The van der Waals surface area contributed by atoms with Gasteiger partial charge in [-0.05, 0) is 54.4 Å². The van der Waals surface area contributed by atoms with Crippen LogP contribution in [0.5, 0.6) is 0 Å². The first-order chi connectivity index (χ1) is 9.80. The molecule has 0 aliphatic heterocycles. The summed E-state index contributed by atoms with van der Waals surface area (Å²) in [6.45, 7) is 6.92. The second kappa shape index (κ2) is 7.99. The van der Waals surface area contributed by atoms with Crippen molar-refractivity contribution in [3.63, 3.8) is 0 Å². The van der Waals surface area contributed by atoms with Gasteiger partial charge in [-0.3, -0.25) is 0 Å². The van der Waals surface area contributed by atoms with Gasteiger partial charge >= 0.3 is 0 Å². The lowest BCUT2D eigenvalue weighted by atomic mass is 10.1. The quantitative estimate of drug-likeness (QED) is 0.535. The summed E-state index contributed by atoms with van der Waals surface area (Å²) in [5, 5.41) is 1.70. The maximum Gasteiger partial charge on any atom is -0.00577 e. The average Bonchev–Trinajstić information content (AvgIpc) is 2.91. The maximum absolute atomic E-state index is 2.50. The SMILES string of the molecule is CCCCP(CCCC)c1cccc2c1C=C(CC)C2. The summed E-state index contributed by atoms with van der Waals surface area (Å²) in [7, 11) is 0.0610. The molecule has 1 aromatic rings. The van der Waals surface area contributed by atoms with Crippen molar-refractivity contribution in [2.75, 3.05) is 12.3 Å². The molecule has 1 aliphatic carbocycles. The molecular weight excluding hydrogens is 259 g/mol. The molecule has 0 N–H and O–H groups in total. The van der Waals surface area contributed by atoms with Crippen molar-refractivity contribution in [1.82, 2.24) is 0 Å². The molecule has 0 atom stereocenters. The van der Waals surface area contributed by atoms with E-state index >= 15 is 0 Å².